The number of pyridine rings is 1. The van der Waals surface area contributed by atoms with Gasteiger partial charge in [-0.2, -0.15) is 0 Å². The summed E-state index contributed by atoms with van der Waals surface area (Å²) in [6, 6.07) is 10.3. The number of benzene rings is 3. The number of rotatable bonds is 3. The smallest absolute Gasteiger partial charge is 0.195 e. The van der Waals surface area contributed by atoms with Crippen molar-refractivity contribution in [1.29, 1.82) is 0 Å². The van der Waals surface area contributed by atoms with Crippen molar-refractivity contribution in [3.8, 4) is 23.1 Å². The van der Waals surface area contributed by atoms with Crippen molar-refractivity contribution < 1.29 is 26.7 Å². The Morgan fingerprint density at radius 2 is 1.56 bits per heavy atom. The minimum Gasteiger partial charge on any atom is -0.380 e. The van der Waals surface area contributed by atoms with E-state index in [1.165, 1.54) is 18.2 Å². The van der Waals surface area contributed by atoms with Gasteiger partial charge in [0.2, 0.25) is 0 Å². The zero-order valence-corrected chi connectivity index (χ0v) is 16.6. The van der Waals surface area contributed by atoms with Crippen LogP contribution < -0.4 is 0 Å². The fraction of sp³-hybridized carbons (Fsp3) is 0.0800. The Balaban J connectivity index is 1.67. The SMILES string of the molecule is COCc1ccc(-c2cc(F)c(C#Cc3ccc4c(F)c(F)c(F)cc4c3)c(F)c2)nc1. The summed E-state index contributed by atoms with van der Waals surface area (Å²) in [6.07, 6.45) is 1.56. The average molecular weight is 439 g/mol. The lowest BCUT2D eigenvalue weighted by Crippen LogP contribution is -1.95. The Labute approximate surface area is 180 Å². The van der Waals surface area contributed by atoms with Gasteiger partial charge in [-0.3, -0.25) is 4.98 Å². The number of hydrogen-bond acceptors (Lipinski definition) is 2. The van der Waals surface area contributed by atoms with Crippen molar-refractivity contribution in [3.63, 3.8) is 0 Å². The average Bonchev–Trinajstić information content (AvgIpc) is 2.77. The van der Waals surface area contributed by atoms with Gasteiger partial charge < -0.3 is 4.74 Å². The van der Waals surface area contributed by atoms with E-state index >= 15 is 0 Å². The lowest BCUT2D eigenvalue weighted by molar-refractivity contribution is 0.184. The normalized spacial score (nSPS) is 10.8. The second-order valence-electron chi connectivity index (χ2n) is 6.97. The standard InChI is InChI=1S/C25H14F5NO/c1-32-13-15-4-7-23(31-12-15)17-10-20(26)19(21(27)11-17)6-3-14-2-5-18-16(8-14)9-22(28)25(30)24(18)29/h2,4-5,7-12H,13H2,1H3. The van der Waals surface area contributed by atoms with Crippen LogP contribution in [0.15, 0.2) is 54.7 Å². The topological polar surface area (TPSA) is 22.1 Å². The molecule has 160 valence electrons. The minimum absolute atomic E-state index is 0.0764. The number of aromatic nitrogens is 1. The van der Waals surface area contributed by atoms with E-state index in [9.17, 15) is 22.0 Å². The van der Waals surface area contributed by atoms with Crippen molar-refractivity contribution in [2.45, 2.75) is 6.61 Å². The second kappa shape index (κ2) is 8.77. The largest absolute Gasteiger partial charge is 0.380 e. The molecule has 4 rings (SSSR count). The predicted molar refractivity (Wildman–Crippen MR) is 110 cm³/mol. The Morgan fingerprint density at radius 3 is 2.22 bits per heavy atom. The van der Waals surface area contributed by atoms with Gasteiger partial charge in [-0.1, -0.05) is 24.0 Å². The summed E-state index contributed by atoms with van der Waals surface area (Å²) in [5, 5.41) is -0.0485. The first kappa shape index (κ1) is 21.5. The molecule has 1 aromatic heterocycles. The highest BCUT2D eigenvalue weighted by Gasteiger charge is 2.14. The Morgan fingerprint density at radius 1 is 0.812 bits per heavy atom. The zero-order valence-electron chi connectivity index (χ0n) is 16.6. The van der Waals surface area contributed by atoms with E-state index in [1.54, 1.807) is 25.4 Å². The van der Waals surface area contributed by atoms with E-state index in [1.807, 2.05) is 0 Å². The molecule has 4 aromatic rings. The number of nitrogens with zero attached hydrogens (tertiary/aromatic N) is 1. The molecule has 0 aliphatic heterocycles. The van der Waals surface area contributed by atoms with E-state index in [0.717, 1.165) is 23.8 Å². The van der Waals surface area contributed by atoms with Crippen LogP contribution >= 0.6 is 0 Å². The van der Waals surface area contributed by atoms with E-state index in [4.69, 9.17) is 4.74 Å². The monoisotopic (exact) mass is 439 g/mol. The van der Waals surface area contributed by atoms with Gasteiger partial charge in [0.05, 0.1) is 17.9 Å². The first-order valence-electron chi connectivity index (χ1n) is 9.40. The molecule has 1 heterocycles. The maximum Gasteiger partial charge on any atom is 0.195 e. The first-order chi connectivity index (χ1) is 15.4. The molecule has 0 atom stereocenters. The van der Waals surface area contributed by atoms with Gasteiger partial charge in [-0.25, -0.2) is 22.0 Å². The van der Waals surface area contributed by atoms with Crippen LogP contribution in [0.25, 0.3) is 22.0 Å². The summed E-state index contributed by atoms with van der Waals surface area (Å²) in [6.45, 7) is 0.369. The van der Waals surface area contributed by atoms with Gasteiger partial charge in [-0.05, 0) is 47.3 Å². The molecule has 0 fully saturated rings. The lowest BCUT2D eigenvalue weighted by atomic mass is 10.0. The highest BCUT2D eigenvalue weighted by Crippen LogP contribution is 2.25. The summed E-state index contributed by atoms with van der Waals surface area (Å²) in [7, 11) is 1.55. The Hall–Kier alpha value is -3.76. The van der Waals surface area contributed by atoms with Crippen LogP contribution in [0.1, 0.15) is 16.7 Å². The fourth-order valence-electron chi connectivity index (χ4n) is 3.21. The van der Waals surface area contributed by atoms with Crippen LogP contribution in [-0.2, 0) is 11.3 Å². The quantitative estimate of drug-likeness (QED) is 0.217. The molecule has 0 N–H and O–H groups in total. The molecule has 0 saturated heterocycles. The molecular formula is C25H14F5NO. The summed E-state index contributed by atoms with van der Waals surface area (Å²) in [4.78, 5) is 4.18. The molecule has 2 nitrogen and oxygen atoms in total. The van der Waals surface area contributed by atoms with E-state index in [0.29, 0.717) is 12.3 Å². The molecule has 0 spiro atoms. The molecule has 32 heavy (non-hydrogen) atoms. The molecular weight excluding hydrogens is 425 g/mol. The first-order valence-corrected chi connectivity index (χ1v) is 9.40. The van der Waals surface area contributed by atoms with Gasteiger partial charge >= 0.3 is 0 Å². The van der Waals surface area contributed by atoms with Crippen LogP contribution in [0.2, 0.25) is 0 Å². The molecule has 7 heteroatoms. The van der Waals surface area contributed by atoms with Gasteiger partial charge in [0.15, 0.2) is 17.5 Å². The Kier molecular flexibility index (Phi) is 5.89. The zero-order chi connectivity index (χ0) is 22.8. The van der Waals surface area contributed by atoms with Crippen molar-refractivity contribution in [2.75, 3.05) is 7.11 Å². The van der Waals surface area contributed by atoms with Crippen molar-refractivity contribution in [1.82, 2.24) is 4.98 Å². The van der Waals surface area contributed by atoms with Crippen molar-refractivity contribution >= 4 is 10.8 Å². The van der Waals surface area contributed by atoms with Crippen LogP contribution in [0.4, 0.5) is 22.0 Å². The molecule has 0 bridgehead atoms. The lowest BCUT2D eigenvalue weighted by Gasteiger charge is -2.06. The van der Waals surface area contributed by atoms with Crippen LogP contribution in [0.3, 0.4) is 0 Å². The van der Waals surface area contributed by atoms with E-state index in [-0.39, 0.29) is 21.9 Å². The van der Waals surface area contributed by atoms with Crippen molar-refractivity contribution in [2.24, 2.45) is 0 Å². The number of ether oxygens (including phenoxy) is 1. The number of halogens is 5. The van der Waals surface area contributed by atoms with Gasteiger partial charge in [0.25, 0.3) is 0 Å². The van der Waals surface area contributed by atoms with E-state index < -0.39 is 34.6 Å². The molecule has 0 aliphatic rings. The molecule has 0 unspecified atom stereocenters. The number of methoxy groups -OCH3 is 1. The van der Waals surface area contributed by atoms with Gasteiger partial charge in [0, 0.05) is 29.8 Å². The number of hydrogen-bond donors (Lipinski definition) is 0. The summed E-state index contributed by atoms with van der Waals surface area (Å²) >= 11 is 0. The molecule has 3 aromatic carbocycles. The fourth-order valence-corrected chi connectivity index (χ4v) is 3.21. The summed E-state index contributed by atoms with van der Waals surface area (Å²) in [5.41, 5.74) is 1.24. The van der Waals surface area contributed by atoms with E-state index in [2.05, 4.69) is 16.8 Å². The third-order valence-electron chi connectivity index (χ3n) is 4.78. The molecule has 0 amide bonds. The van der Waals surface area contributed by atoms with Gasteiger partial charge in [0.1, 0.15) is 11.6 Å². The molecule has 0 radical (unpaired) electrons. The van der Waals surface area contributed by atoms with Crippen LogP contribution in [0, 0.1) is 40.9 Å². The van der Waals surface area contributed by atoms with Gasteiger partial charge in [-0.15, -0.1) is 0 Å². The highest BCUT2D eigenvalue weighted by atomic mass is 19.2. The highest BCUT2D eigenvalue weighted by molar-refractivity contribution is 5.84. The van der Waals surface area contributed by atoms with Crippen LogP contribution in [-0.4, -0.2) is 12.1 Å². The Bertz CT molecular complexity index is 1360. The maximum atomic E-state index is 14.6. The summed E-state index contributed by atoms with van der Waals surface area (Å²) in [5.74, 6) is -0.991. The molecule has 0 aliphatic carbocycles. The van der Waals surface area contributed by atoms with Crippen molar-refractivity contribution in [3.05, 3.63) is 101 Å². The minimum atomic E-state index is -1.57. The summed E-state index contributed by atoms with van der Waals surface area (Å²) < 4.78 is 74.8. The maximum absolute atomic E-state index is 14.6. The third kappa shape index (κ3) is 4.18. The second-order valence-corrected chi connectivity index (χ2v) is 6.97. The number of fused-ring (bicyclic) bond motifs is 1. The molecule has 0 saturated carbocycles. The predicted octanol–water partition coefficient (Wildman–Crippen LogP) is 6.14. The van der Waals surface area contributed by atoms with Crippen LogP contribution in [0.5, 0.6) is 0 Å². The third-order valence-corrected chi connectivity index (χ3v) is 4.78.